The SMILES string of the molecule is N#Cc1c(C(F)(F)F)cc(-c2cccnc2)[nH]c1=O. The first kappa shape index (κ1) is 12.8. The summed E-state index contributed by atoms with van der Waals surface area (Å²) in [5.74, 6) is 0. The smallest absolute Gasteiger partial charge is 0.321 e. The summed E-state index contributed by atoms with van der Waals surface area (Å²) < 4.78 is 38.4. The molecule has 19 heavy (non-hydrogen) atoms. The lowest BCUT2D eigenvalue weighted by atomic mass is 10.1. The van der Waals surface area contributed by atoms with Crippen molar-refractivity contribution in [3.8, 4) is 17.3 Å². The molecule has 0 fully saturated rings. The van der Waals surface area contributed by atoms with E-state index in [4.69, 9.17) is 5.26 Å². The molecule has 0 aliphatic heterocycles. The van der Waals surface area contributed by atoms with E-state index in [9.17, 15) is 18.0 Å². The topological polar surface area (TPSA) is 69.5 Å². The third-order valence-electron chi connectivity index (χ3n) is 2.42. The van der Waals surface area contributed by atoms with E-state index >= 15 is 0 Å². The number of hydrogen-bond acceptors (Lipinski definition) is 3. The molecule has 0 unspecified atom stereocenters. The minimum atomic E-state index is -4.77. The second-order valence-electron chi connectivity index (χ2n) is 3.65. The molecule has 0 radical (unpaired) electrons. The van der Waals surface area contributed by atoms with Crippen molar-refractivity contribution in [1.82, 2.24) is 9.97 Å². The Kier molecular flexibility index (Phi) is 3.09. The van der Waals surface area contributed by atoms with Crippen LogP contribution in [0.1, 0.15) is 11.1 Å². The fraction of sp³-hybridized carbons (Fsp3) is 0.0833. The summed E-state index contributed by atoms with van der Waals surface area (Å²) >= 11 is 0. The Morgan fingerprint density at radius 3 is 2.63 bits per heavy atom. The van der Waals surface area contributed by atoms with Crippen LogP contribution in [0.5, 0.6) is 0 Å². The summed E-state index contributed by atoms with van der Waals surface area (Å²) in [5, 5.41) is 8.64. The number of halogens is 3. The molecule has 0 amide bonds. The van der Waals surface area contributed by atoms with Crippen LogP contribution in [0, 0.1) is 11.3 Å². The number of alkyl halides is 3. The molecule has 0 atom stereocenters. The van der Waals surface area contributed by atoms with Gasteiger partial charge in [-0.3, -0.25) is 9.78 Å². The van der Waals surface area contributed by atoms with Crippen LogP contribution < -0.4 is 5.56 Å². The lowest BCUT2D eigenvalue weighted by molar-refractivity contribution is -0.137. The highest BCUT2D eigenvalue weighted by atomic mass is 19.4. The van der Waals surface area contributed by atoms with Crippen LogP contribution in [-0.4, -0.2) is 9.97 Å². The number of aromatic nitrogens is 2. The number of nitrogens with zero attached hydrogens (tertiary/aromatic N) is 2. The number of H-pyrrole nitrogens is 1. The van der Waals surface area contributed by atoms with Gasteiger partial charge in [0.2, 0.25) is 0 Å². The van der Waals surface area contributed by atoms with Gasteiger partial charge in [-0.1, -0.05) is 0 Å². The van der Waals surface area contributed by atoms with Gasteiger partial charge in [0.1, 0.15) is 11.6 Å². The zero-order valence-corrected chi connectivity index (χ0v) is 9.32. The molecule has 2 aromatic heterocycles. The van der Waals surface area contributed by atoms with E-state index in [1.165, 1.54) is 30.6 Å². The average Bonchev–Trinajstić information content (AvgIpc) is 2.37. The van der Waals surface area contributed by atoms with E-state index in [2.05, 4.69) is 9.97 Å². The molecule has 0 aliphatic rings. The predicted octanol–water partition coefficient (Wildman–Crippen LogP) is 2.33. The molecule has 2 heterocycles. The van der Waals surface area contributed by atoms with Crippen LogP contribution in [0.25, 0.3) is 11.3 Å². The summed E-state index contributed by atoms with van der Waals surface area (Å²) in [5.41, 5.74) is -2.98. The molecule has 2 rings (SSSR count). The first-order valence-corrected chi connectivity index (χ1v) is 5.08. The van der Waals surface area contributed by atoms with Crippen LogP contribution >= 0.6 is 0 Å². The zero-order valence-electron chi connectivity index (χ0n) is 9.32. The monoisotopic (exact) mass is 265 g/mol. The molecule has 4 nitrogen and oxygen atoms in total. The van der Waals surface area contributed by atoms with E-state index in [1.807, 2.05) is 0 Å². The number of rotatable bonds is 1. The highest BCUT2D eigenvalue weighted by molar-refractivity contribution is 5.60. The lowest BCUT2D eigenvalue weighted by Gasteiger charge is -2.10. The van der Waals surface area contributed by atoms with Crippen molar-refractivity contribution < 1.29 is 13.2 Å². The fourth-order valence-electron chi connectivity index (χ4n) is 1.57. The third kappa shape index (κ3) is 2.47. The number of nitrogens with one attached hydrogen (secondary N) is 1. The van der Waals surface area contributed by atoms with Crippen LogP contribution in [0.2, 0.25) is 0 Å². The maximum Gasteiger partial charge on any atom is 0.417 e. The van der Waals surface area contributed by atoms with Crippen LogP contribution in [0.4, 0.5) is 13.2 Å². The largest absolute Gasteiger partial charge is 0.417 e. The Balaban J connectivity index is 2.72. The van der Waals surface area contributed by atoms with Gasteiger partial charge in [0.05, 0.1) is 11.3 Å². The first-order chi connectivity index (χ1) is 8.93. The molecular formula is C12H6F3N3O. The van der Waals surface area contributed by atoms with Crippen molar-refractivity contribution in [2.45, 2.75) is 6.18 Å². The lowest BCUT2D eigenvalue weighted by Crippen LogP contribution is -2.19. The van der Waals surface area contributed by atoms with Gasteiger partial charge in [-0.25, -0.2) is 0 Å². The highest BCUT2D eigenvalue weighted by Gasteiger charge is 2.35. The molecule has 2 aromatic rings. The Morgan fingerprint density at radius 1 is 1.37 bits per heavy atom. The van der Waals surface area contributed by atoms with Gasteiger partial charge in [0, 0.05) is 18.0 Å². The predicted molar refractivity (Wildman–Crippen MR) is 60.0 cm³/mol. The van der Waals surface area contributed by atoms with Gasteiger partial charge in [-0.2, -0.15) is 18.4 Å². The standard InChI is InChI=1S/C12H6F3N3O/c13-12(14,15)9-4-10(7-2-1-3-17-6-7)18-11(19)8(9)5-16/h1-4,6H,(H,18,19). The Hall–Kier alpha value is -2.62. The molecule has 96 valence electrons. The highest BCUT2D eigenvalue weighted by Crippen LogP contribution is 2.32. The molecule has 0 saturated carbocycles. The summed E-state index contributed by atoms with van der Waals surface area (Å²) in [7, 11) is 0. The van der Waals surface area contributed by atoms with Gasteiger partial charge in [-0.15, -0.1) is 0 Å². The zero-order chi connectivity index (χ0) is 14.0. The van der Waals surface area contributed by atoms with Crippen molar-refractivity contribution >= 4 is 0 Å². The second-order valence-corrected chi connectivity index (χ2v) is 3.65. The molecule has 0 spiro atoms. The van der Waals surface area contributed by atoms with Crippen molar-refractivity contribution in [2.75, 3.05) is 0 Å². The van der Waals surface area contributed by atoms with Gasteiger partial charge < -0.3 is 4.98 Å². The summed E-state index contributed by atoms with van der Waals surface area (Å²) in [6, 6.07) is 5.03. The van der Waals surface area contributed by atoms with Crippen molar-refractivity contribution in [3.05, 3.63) is 52.1 Å². The molecule has 0 aromatic carbocycles. The Morgan fingerprint density at radius 2 is 2.11 bits per heavy atom. The number of pyridine rings is 2. The van der Waals surface area contributed by atoms with Gasteiger partial charge in [0.25, 0.3) is 5.56 Å². The van der Waals surface area contributed by atoms with Gasteiger partial charge in [-0.05, 0) is 18.2 Å². The third-order valence-corrected chi connectivity index (χ3v) is 2.42. The quantitative estimate of drug-likeness (QED) is 0.860. The Bertz CT molecular complexity index is 699. The number of nitriles is 1. The number of hydrogen-bond donors (Lipinski definition) is 1. The molecule has 0 saturated heterocycles. The van der Waals surface area contributed by atoms with Crippen LogP contribution in [0.15, 0.2) is 35.4 Å². The molecule has 7 heteroatoms. The van der Waals surface area contributed by atoms with E-state index in [0.29, 0.717) is 5.56 Å². The normalized spacial score (nSPS) is 11.1. The summed E-state index contributed by atoms with van der Waals surface area (Å²) in [6.07, 6.45) is -2.00. The van der Waals surface area contributed by atoms with E-state index in [0.717, 1.165) is 6.07 Å². The molecular weight excluding hydrogens is 259 g/mol. The maximum absolute atomic E-state index is 12.8. The molecule has 0 aliphatic carbocycles. The van der Waals surface area contributed by atoms with Gasteiger partial charge in [0.15, 0.2) is 0 Å². The molecule has 0 bridgehead atoms. The fourth-order valence-corrected chi connectivity index (χ4v) is 1.57. The first-order valence-electron chi connectivity index (χ1n) is 5.08. The van der Waals surface area contributed by atoms with Crippen molar-refractivity contribution in [2.24, 2.45) is 0 Å². The Labute approximate surface area is 105 Å². The number of aromatic amines is 1. The summed E-state index contributed by atoms with van der Waals surface area (Å²) in [6.45, 7) is 0. The average molecular weight is 265 g/mol. The van der Waals surface area contributed by atoms with E-state index in [1.54, 1.807) is 0 Å². The van der Waals surface area contributed by atoms with Gasteiger partial charge >= 0.3 is 6.18 Å². The summed E-state index contributed by atoms with van der Waals surface area (Å²) in [4.78, 5) is 17.5. The van der Waals surface area contributed by atoms with Crippen molar-refractivity contribution in [1.29, 1.82) is 5.26 Å². The minimum Gasteiger partial charge on any atom is -0.321 e. The van der Waals surface area contributed by atoms with Crippen molar-refractivity contribution in [3.63, 3.8) is 0 Å². The second kappa shape index (κ2) is 4.57. The molecule has 1 N–H and O–H groups in total. The minimum absolute atomic E-state index is 0.0376. The van der Waals surface area contributed by atoms with Crippen LogP contribution in [0.3, 0.4) is 0 Å². The maximum atomic E-state index is 12.8. The van der Waals surface area contributed by atoms with Crippen LogP contribution in [-0.2, 0) is 6.18 Å². The van der Waals surface area contributed by atoms with E-state index in [-0.39, 0.29) is 5.69 Å². The van der Waals surface area contributed by atoms with E-state index < -0.39 is 22.9 Å².